The standard InChI is InChI=1S/C18H24FNO4/c1-2-23-17(21)10-12-20(18(22)16-4-3-13-24-16)11-9-14-5-7-15(19)8-6-14/h5-8,16H,2-4,9-13H2,1H3. The lowest BCUT2D eigenvalue weighted by Gasteiger charge is -2.25. The first-order valence-electron chi connectivity index (χ1n) is 8.40. The number of nitrogens with zero attached hydrogens (tertiary/aromatic N) is 1. The largest absolute Gasteiger partial charge is 0.466 e. The topological polar surface area (TPSA) is 55.8 Å². The highest BCUT2D eigenvalue weighted by Crippen LogP contribution is 2.16. The predicted octanol–water partition coefficient (Wildman–Crippen LogP) is 2.33. The average Bonchev–Trinajstić information content (AvgIpc) is 3.11. The highest BCUT2D eigenvalue weighted by molar-refractivity contribution is 5.81. The van der Waals surface area contributed by atoms with Crippen LogP contribution >= 0.6 is 0 Å². The zero-order chi connectivity index (χ0) is 17.4. The molecule has 0 N–H and O–H groups in total. The second-order valence-electron chi connectivity index (χ2n) is 5.76. The normalized spacial score (nSPS) is 16.8. The van der Waals surface area contributed by atoms with Crippen LogP contribution in [0.15, 0.2) is 24.3 Å². The quantitative estimate of drug-likeness (QED) is 0.683. The Morgan fingerprint density at radius 2 is 2.04 bits per heavy atom. The first-order valence-corrected chi connectivity index (χ1v) is 8.40. The van der Waals surface area contributed by atoms with Crippen LogP contribution in [0.3, 0.4) is 0 Å². The third kappa shape index (κ3) is 5.60. The van der Waals surface area contributed by atoms with E-state index < -0.39 is 6.10 Å². The molecule has 1 saturated heterocycles. The van der Waals surface area contributed by atoms with Crippen LogP contribution in [-0.2, 0) is 25.5 Å². The molecule has 1 heterocycles. The van der Waals surface area contributed by atoms with Gasteiger partial charge in [-0.15, -0.1) is 0 Å². The molecule has 1 aliphatic rings. The maximum atomic E-state index is 13.0. The number of carbonyl (C=O) groups excluding carboxylic acids is 2. The van der Waals surface area contributed by atoms with Crippen LogP contribution in [0.1, 0.15) is 31.7 Å². The van der Waals surface area contributed by atoms with E-state index in [2.05, 4.69) is 0 Å². The average molecular weight is 337 g/mol. The van der Waals surface area contributed by atoms with Gasteiger partial charge in [-0.1, -0.05) is 12.1 Å². The van der Waals surface area contributed by atoms with Crippen LogP contribution in [0.4, 0.5) is 4.39 Å². The molecular formula is C18H24FNO4. The van der Waals surface area contributed by atoms with Gasteiger partial charge in [-0.2, -0.15) is 0 Å². The van der Waals surface area contributed by atoms with Crippen molar-refractivity contribution in [3.8, 4) is 0 Å². The Balaban J connectivity index is 1.94. The predicted molar refractivity (Wildman–Crippen MR) is 86.9 cm³/mol. The Morgan fingerprint density at radius 1 is 1.29 bits per heavy atom. The molecular weight excluding hydrogens is 313 g/mol. The minimum Gasteiger partial charge on any atom is -0.466 e. The van der Waals surface area contributed by atoms with Crippen molar-refractivity contribution in [3.63, 3.8) is 0 Å². The number of rotatable bonds is 8. The zero-order valence-electron chi connectivity index (χ0n) is 14.0. The number of halogens is 1. The van der Waals surface area contributed by atoms with Gasteiger partial charge in [-0.05, 0) is 43.9 Å². The summed E-state index contributed by atoms with van der Waals surface area (Å²) in [4.78, 5) is 25.8. The molecule has 2 rings (SSSR count). The Kier molecular flexibility index (Phi) is 7.18. The molecule has 1 unspecified atom stereocenters. The summed E-state index contributed by atoms with van der Waals surface area (Å²) in [5, 5.41) is 0. The number of hydrogen-bond acceptors (Lipinski definition) is 4. The van der Waals surface area contributed by atoms with Gasteiger partial charge in [0.2, 0.25) is 0 Å². The minimum atomic E-state index is -0.416. The Morgan fingerprint density at radius 3 is 2.67 bits per heavy atom. The second-order valence-corrected chi connectivity index (χ2v) is 5.76. The molecule has 0 spiro atoms. The maximum absolute atomic E-state index is 13.0. The zero-order valence-corrected chi connectivity index (χ0v) is 14.0. The summed E-state index contributed by atoms with van der Waals surface area (Å²) in [5.74, 6) is -0.684. The summed E-state index contributed by atoms with van der Waals surface area (Å²) in [6.45, 7) is 3.44. The van der Waals surface area contributed by atoms with Crippen molar-refractivity contribution in [2.24, 2.45) is 0 Å². The van der Waals surface area contributed by atoms with Crippen molar-refractivity contribution in [1.29, 1.82) is 0 Å². The molecule has 1 aromatic carbocycles. The van der Waals surface area contributed by atoms with Crippen LogP contribution in [0.5, 0.6) is 0 Å². The van der Waals surface area contributed by atoms with E-state index in [0.29, 0.717) is 39.1 Å². The summed E-state index contributed by atoms with van der Waals surface area (Å²) < 4.78 is 23.4. The van der Waals surface area contributed by atoms with E-state index in [1.165, 1.54) is 12.1 Å². The number of amides is 1. The number of hydrogen-bond donors (Lipinski definition) is 0. The SMILES string of the molecule is CCOC(=O)CCN(CCc1ccc(F)cc1)C(=O)C1CCCO1. The molecule has 5 nitrogen and oxygen atoms in total. The first kappa shape index (κ1) is 18.4. The van der Waals surface area contributed by atoms with E-state index in [9.17, 15) is 14.0 Å². The summed E-state index contributed by atoms with van der Waals surface area (Å²) in [6, 6.07) is 6.21. The number of ether oxygens (including phenoxy) is 2. The molecule has 0 aromatic heterocycles. The molecule has 1 aliphatic heterocycles. The van der Waals surface area contributed by atoms with Crippen LogP contribution in [-0.4, -0.2) is 49.2 Å². The van der Waals surface area contributed by atoms with Gasteiger partial charge in [0, 0.05) is 19.7 Å². The lowest BCUT2D eigenvalue weighted by atomic mass is 10.1. The van der Waals surface area contributed by atoms with E-state index >= 15 is 0 Å². The summed E-state index contributed by atoms with van der Waals surface area (Å²) in [7, 11) is 0. The van der Waals surface area contributed by atoms with Crippen LogP contribution in [0.25, 0.3) is 0 Å². The second kappa shape index (κ2) is 9.37. The molecule has 0 aliphatic carbocycles. The van der Waals surface area contributed by atoms with Crippen molar-refractivity contribution < 1.29 is 23.5 Å². The fourth-order valence-corrected chi connectivity index (χ4v) is 2.68. The Hall–Kier alpha value is -1.95. The molecule has 24 heavy (non-hydrogen) atoms. The summed E-state index contributed by atoms with van der Waals surface area (Å²) in [6.07, 6.45) is 1.93. The van der Waals surface area contributed by atoms with E-state index in [1.54, 1.807) is 24.0 Å². The lowest BCUT2D eigenvalue weighted by Crippen LogP contribution is -2.41. The van der Waals surface area contributed by atoms with E-state index in [1.807, 2.05) is 0 Å². The number of esters is 1. The molecule has 1 fully saturated rings. The fraction of sp³-hybridized carbons (Fsp3) is 0.556. The van der Waals surface area contributed by atoms with Gasteiger partial charge in [0.1, 0.15) is 11.9 Å². The Labute approximate surface area is 141 Å². The van der Waals surface area contributed by atoms with Gasteiger partial charge < -0.3 is 14.4 Å². The van der Waals surface area contributed by atoms with Gasteiger partial charge in [-0.25, -0.2) is 4.39 Å². The molecule has 0 saturated carbocycles. The molecule has 6 heteroatoms. The first-order chi connectivity index (χ1) is 11.6. The van der Waals surface area contributed by atoms with Gasteiger partial charge >= 0.3 is 5.97 Å². The number of carbonyl (C=O) groups is 2. The van der Waals surface area contributed by atoms with E-state index in [4.69, 9.17) is 9.47 Å². The smallest absolute Gasteiger partial charge is 0.307 e. The molecule has 1 atom stereocenters. The van der Waals surface area contributed by atoms with Crippen molar-refractivity contribution in [1.82, 2.24) is 4.90 Å². The molecule has 0 radical (unpaired) electrons. The summed E-state index contributed by atoms with van der Waals surface area (Å²) >= 11 is 0. The van der Waals surface area contributed by atoms with Gasteiger partial charge in [0.25, 0.3) is 5.91 Å². The molecule has 1 amide bonds. The van der Waals surface area contributed by atoms with Gasteiger partial charge in [-0.3, -0.25) is 9.59 Å². The van der Waals surface area contributed by atoms with Gasteiger partial charge in [0.05, 0.1) is 13.0 Å². The van der Waals surface area contributed by atoms with E-state index in [-0.39, 0.29) is 24.1 Å². The van der Waals surface area contributed by atoms with Crippen LogP contribution < -0.4 is 0 Å². The van der Waals surface area contributed by atoms with Crippen molar-refractivity contribution in [2.75, 3.05) is 26.3 Å². The highest BCUT2D eigenvalue weighted by atomic mass is 19.1. The van der Waals surface area contributed by atoms with Crippen LogP contribution in [0, 0.1) is 5.82 Å². The Bertz CT molecular complexity index is 540. The van der Waals surface area contributed by atoms with Crippen molar-refractivity contribution in [2.45, 2.75) is 38.7 Å². The van der Waals surface area contributed by atoms with Gasteiger partial charge in [0.15, 0.2) is 0 Å². The molecule has 1 aromatic rings. The third-order valence-electron chi connectivity index (χ3n) is 3.99. The number of benzene rings is 1. The van der Waals surface area contributed by atoms with Crippen LogP contribution in [0.2, 0.25) is 0 Å². The van der Waals surface area contributed by atoms with Crippen molar-refractivity contribution >= 4 is 11.9 Å². The highest BCUT2D eigenvalue weighted by Gasteiger charge is 2.28. The minimum absolute atomic E-state index is 0.0843. The molecule has 0 bridgehead atoms. The lowest BCUT2D eigenvalue weighted by molar-refractivity contribution is -0.145. The summed E-state index contributed by atoms with van der Waals surface area (Å²) in [5.41, 5.74) is 0.942. The monoisotopic (exact) mass is 337 g/mol. The maximum Gasteiger partial charge on any atom is 0.307 e. The van der Waals surface area contributed by atoms with E-state index in [0.717, 1.165) is 12.0 Å². The molecule has 132 valence electrons. The van der Waals surface area contributed by atoms with Crippen molar-refractivity contribution in [3.05, 3.63) is 35.6 Å². The third-order valence-corrected chi connectivity index (χ3v) is 3.99. The fourth-order valence-electron chi connectivity index (χ4n) is 2.68.